The lowest BCUT2D eigenvalue weighted by molar-refractivity contribution is 0.432. The van der Waals surface area contributed by atoms with Gasteiger partial charge in [-0.3, -0.25) is 0 Å². The first-order valence-corrected chi connectivity index (χ1v) is 4.89. The molecule has 1 nitrogen and oxygen atoms in total. The molecule has 0 aliphatic heterocycles. The molecule has 4 heteroatoms. The summed E-state index contributed by atoms with van der Waals surface area (Å²) in [7, 11) is 0. The number of benzene rings is 2. The average molecular weight is 241 g/mol. The highest BCUT2D eigenvalue weighted by atomic mass is 35.5. The fourth-order valence-electron chi connectivity index (χ4n) is 1.36. The van der Waals surface area contributed by atoms with Crippen LogP contribution in [0.4, 0.5) is 8.78 Å². The number of rotatable bonds is 1. The molecular weight excluding hydrogens is 234 g/mol. The van der Waals surface area contributed by atoms with Gasteiger partial charge in [-0.15, -0.1) is 0 Å². The number of halogens is 3. The Balaban J connectivity index is 2.50. The summed E-state index contributed by atoms with van der Waals surface area (Å²) in [4.78, 5) is 0. The van der Waals surface area contributed by atoms with Crippen molar-refractivity contribution >= 4 is 11.6 Å². The van der Waals surface area contributed by atoms with Crippen LogP contribution in [0.2, 0.25) is 5.02 Å². The number of aromatic hydroxyl groups is 1. The molecule has 0 spiro atoms. The van der Waals surface area contributed by atoms with Crippen LogP contribution in [0.15, 0.2) is 36.4 Å². The highest BCUT2D eigenvalue weighted by Gasteiger charge is 2.06. The van der Waals surface area contributed by atoms with E-state index in [2.05, 4.69) is 0 Å². The molecule has 1 N–H and O–H groups in total. The van der Waals surface area contributed by atoms with E-state index in [0.29, 0.717) is 11.1 Å². The van der Waals surface area contributed by atoms with E-state index in [0.717, 1.165) is 0 Å². The predicted molar refractivity (Wildman–Crippen MR) is 58.5 cm³/mol. The second kappa shape index (κ2) is 4.10. The molecule has 2 aromatic rings. The zero-order valence-electron chi connectivity index (χ0n) is 8.05. The van der Waals surface area contributed by atoms with Crippen LogP contribution < -0.4 is 0 Å². The topological polar surface area (TPSA) is 20.2 Å². The van der Waals surface area contributed by atoms with Crippen LogP contribution in [0.5, 0.6) is 5.75 Å². The summed E-state index contributed by atoms with van der Waals surface area (Å²) in [5, 5.41) is 9.01. The van der Waals surface area contributed by atoms with E-state index in [-0.39, 0.29) is 5.02 Å². The number of hydrogen-bond donors (Lipinski definition) is 1. The van der Waals surface area contributed by atoms with Crippen molar-refractivity contribution in [1.29, 1.82) is 0 Å². The maximum absolute atomic E-state index is 13.1. The van der Waals surface area contributed by atoms with Gasteiger partial charge in [0.05, 0.1) is 5.02 Å². The van der Waals surface area contributed by atoms with E-state index in [1.165, 1.54) is 36.4 Å². The zero-order valence-corrected chi connectivity index (χ0v) is 8.80. The molecule has 2 rings (SSSR count). The van der Waals surface area contributed by atoms with Crippen molar-refractivity contribution in [3.63, 3.8) is 0 Å². The Morgan fingerprint density at radius 1 is 0.875 bits per heavy atom. The van der Waals surface area contributed by atoms with E-state index < -0.39 is 17.4 Å². The van der Waals surface area contributed by atoms with E-state index >= 15 is 0 Å². The lowest BCUT2D eigenvalue weighted by atomic mass is 10.1. The van der Waals surface area contributed by atoms with Gasteiger partial charge < -0.3 is 5.11 Å². The molecule has 0 heterocycles. The molecule has 0 bridgehead atoms. The van der Waals surface area contributed by atoms with E-state index in [1.54, 1.807) is 0 Å². The first-order valence-electron chi connectivity index (χ1n) is 4.52. The third kappa shape index (κ3) is 1.99. The second-order valence-electron chi connectivity index (χ2n) is 3.30. The van der Waals surface area contributed by atoms with Crippen molar-refractivity contribution in [1.82, 2.24) is 0 Å². The third-order valence-electron chi connectivity index (χ3n) is 2.20. The number of hydrogen-bond acceptors (Lipinski definition) is 1. The van der Waals surface area contributed by atoms with Gasteiger partial charge in [0.1, 0.15) is 5.82 Å². The van der Waals surface area contributed by atoms with Gasteiger partial charge in [0.15, 0.2) is 11.6 Å². The van der Waals surface area contributed by atoms with E-state index in [9.17, 15) is 8.78 Å². The SMILES string of the molecule is Oc1ccc(-c2ccc(F)c(Cl)c2)cc1F. The Morgan fingerprint density at radius 3 is 2.12 bits per heavy atom. The molecule has 2 aromatic carbocycles. The Hall–Kier alpha value is -1.61. The molecule has 0 aromatic heterocycles. The van der Waals surface area contributed by atoms with E-state index in [4.69, 9.17) is 16.7 Å². The summed E-state index contributed by atoms with van der Waals surface area (Å²) in [5.74, 6) is -1.67. The van der Waals surface area contributed by atoms with Gasteiger partial charge in [-0.05, 0) is 35.4 Å². The summed E-state index contributed by atoms with van der Waals surface area (Å²) in [6.07, 6.45) is 0. The molecule has 0 amide bonds. The summed E-state index contributed by atoms with van der Waals surface area (Å²) in [5.41, 5.74) is 1.11. The minimum atomic E-state index is -0.724. The van der Waals surface area contributed by atoms with Gasteiger partial charge in [0.2, 0.25) is 0 Å². The normalized spacial score (nSPS) is 10.4. The molecule has 16 heavy (non-hydrogen) atoms. The van der Waals surface area contributed by atoms with E-state index in [1.807, 2.05) is 0 Å². The summed E-state index contributed by atoms with van der Waals surface area (Å²) in [6, 6.07) is 8.04. The summed E-state index contributed by atoms with van der Waals surface area (Å²) >= 11 is 5.62. The Morgan fingerprint density at radius 2 is 1.50 bits per heavy atom. The summed E-state index contributed by atoms with van der Waals surface area (Å²) < 4.78 is 26.0. The van der Waals surface area contributed by atoms with Gasteiger partial charge in [-0.25, -0.2) is 8.78 Å². The van der Waals surface area contributed by atoms with Crippen LogP contribution in [0.1, 0.15) is 0 Å². The van der Waals surface area contributed by atoms with Crippen LogP contribution >= 0.6 is 11.6 Å². The zero-order chi connectivity index (χ0) is 11.7. The first-order chi connectivity index (χ1) is 7.58. The monoisotopic (exact) mass is 240 g/mol. The molecule has 0 atom stereocenters. The molecule has 0 aliphatic carbocycles. The van der Waals surface area contributed by atoms with Crippen LogP contribution in [-0.2, 0) is 0 Å². The highest BCUT2D eigenvalue weighted by Crippen LogP contribution is 2.27. The molecule has 0 saturated carbocycles. The Bertz CT molecular complexity index is 491. The van der Waals surface area contributed by atoms with Crippen LogP contribution in [0.25, 0.3) is 11.1 Å². The fraction of sp³-hybridized carbons (Fsp3) is 0. The average Bonchev–Trinajstić information content (AvgIpc) is 2.26. The molecule has 0 saturated heterocycles. The van der Waals surface area contributed by atoms with Crippen molar-refractivity contribution in [2.45, 2.75) is 0 Å². The minimum Gasteiger partial charge on any atom is -0.505 e. The Kier molecular flexibility index (Phi) is 2.79. The molecule has 82 valence electrons. The predicted octanol–water partition coefficient (Wildman–Crippen LogP) is 3.99. The molecule has 0 radical (unpaired) electrons. The maximum atomic E-state index is 13.1. The lowest BCUT2D eigenvalue weighted by Gasteiger charge is -2.04. The molecular formula is C12H7ClF2O. The van der Waals surface area contributed by atoms with Crippen molar-refractivity contribution in [3.8, 4) is 16.9 Å². The standard InChI is InChI=1S/C12H7ClF2O/c13-9-5-7(1-3-10(9)14)8-2-4-12(16)11(15)6-8/h1-6,16H. The molecule has 0 unspecified atom stereocenters. The van der Waals surface area contributed by atoms with Crippen molar-refractivity contribution in [3.05, 3.63) is 53.1 Å². The van der Waals surface area contributed by atoms with Crippen molar-refractivity contribution in [2.75, 3.05) is 0 Å². The van der Waals surface area contributed by atoms with Gasteiger partial charge >= 0.3 is 0 Å². The molecule has 0 fully saturated rings. The van der Waals surface area contributed by atoms with Gasteiger partial charge in [0, 0.05) is 0 Å². The van der Waals surface area contributed by atoms with Crippen LogP contribution in [0.3, 0.4) is 0 Å². The highest BCUT2D eigenvalue weighted by molar-refractivity contribution is 6.31. The van der Waals surface area contributed by atoms with Crippen molar-refractivity contribution in [2.24, 2.45) is 0 Å². The number of phenols is 1. The maximum Gasteiger partial charge on any atom is 0.165 e. The fourth-order valence-corrected chi connectivity index (χ4v) is 1.54. The first kappa shape index (κ1) is 10.9. The minimum absolute atomic E-state index is 0.0222. The quantitative estimate of drug-likeness (QED) is 0.799. The van der Waals surface area contributed by atoms with Gasteiger partial charge in [-0.2, -0.15) is 0 Å². The third-order valence-corrected chi connectivity index (χ3v) is 2.49. The summed E-state index contributed by atoms with van der Waals surface area (Å²) in [6.45, 7) is 0. The van der Waals surface area contributed by atoms with Crippen molar-refractivity contribution < 1.29 is 13.9 Å². The largest absolute Gasteiger partial charge is 0.505 e. The smallest absolute Gasteiger partial charge is 0.165 e. The number of phenolic OH excluding ortho intramolecular Hbond substituents is 1. The lowest BCUT2D eigenvalue weighted by Crippen LogP contribution is -1.83. The van der Waals surface area contributed by atoms with Gasteiger partial charge in [-0.1, -0.05) is 23.7 Å². The van der Waals surface area contributed by atoms with Gasteiger partial charge in [0.25, 0.3) is 0 Å². The second-order valence-corrected chi connectivity index (χ2v) is 3.70. The Labute approximate surface area is 95.9 Å². The van der Waals surface area contributed by atoms with Crippen LogP contribution in [-0.4, -0.2) is 5.11 Å². The molecule has 0 aliphatic rings. The van der Waals surface area contributed by atoms with Crippen LogP contribution in [0, 0.1) is 11.6 Å².